The quantitative estimate of drug-likeness (QED) is 0.781. The summed E-state index contributed by atoms with van der Waals surface area (Å²) in [5.41, 5.74) is 3.52. The number of amides is 1. The van der Waals surface area contributed by atoms with Crippen LogP contribution < -0.4 is 10.9 Å². The Morgan fingerprint density at radius 2 is 1.72 bits per heavy atom. The fourth-order valence-electron chi connectivity index (χ4n) is 2.58. The average Bonchev–Trinajstić information content (AvgIpc) is 2.62. The Kier molecular flexibility index (Phi) is 5.04. The minimum Gasteiger partial charge on any atom is -0.325 e. The summed E-state index contributed by atoms with van der Waals surface area (Å²) in [6, 6.07) is 15.2. The molecule has 3 aromatic rings. The largest absolute Gasteiger partial charge is 0.325 e. The first-order chi connectivity index (χ1) is 12.1. The molecule has 0 saturated heterocycles. The second-order valence-electron chi connectivity index (χ2n) is 5.90. The Bertz CT molecular complexity index is 916. The van der Waals surface area contributed by atoms with Crippen molar-refractivity contribution in [3.8, 4) is 0 Å². The molecule has 1 amide bonds. The zero-order valence-corrected chi connectivity index (χ0v) is 14.0. The van der Waals surface area contributed by atoms with Gasteiger partial charge >= 0.3 is 0 Å². The van der Waals surface area contributed by atoms with Crippen molar-refractivity contribution in [2.24, 2.45) is 0 Å². The molecule has 2 heterocycles. The topological polar surface area (TPSA) is 64.0 Å². The minimum absolute atomic E-state index is 0.000714. The van der Waals surface area contributed by atoms with E-state index in [9.17, 15) is 9.59 Å². The van der Waals surface area contributed by atoms with Gasteiger partial charge in [-0.25, -0.2) is 0 Å². The van der Waals surface area contributed by atoms with Crippen molar-refractivity contribution in [1.82, 2.24) is 9.55 Å². The summed E-state index contributed by atoms with van der Waals surface area (Å²) in [4.78, 5) is 28.1. The fraction of sp³-hybridized carbons (Fsp3) is 0.150. The Labute approximate surface area is 146 Å². The van der Waals surface area contributed by atoms with E-state index in [2.05, 4.69) is 10.3 Å². The zero-order chi connectivity index (χ0) is 17.6. The van der Waals surface area contributed by atoms with E-state index < -0.39 is 0 Å². The molecule has 1 aromatic carbocycles. The zero-order valence-electron chi connectivity index (χ0n) is 14.0. The lowest BCUT2D eigenvalue weighted by molar-refractivity contribution is -0.116. The number of hydrogen-bond donors (Lipinski definition) is 1. The molecule has 0 radical (unpaired) electrons. The summed E-state index contributed by atoms with van der Waals surface area (Å²) in [5, 5.41) is 2.82. The van der Waals surface area contributed by atoms with Crippen molar-refractivity contribution in [2.75, 3.05) is 5.32 Å². The standard InChI is InChI=1S/C20H19N3O2/c1-15-3-2-12-23(20(15)25)14-19(24)22-18-6-4-16(5-7-18)13-17-8-10-21-11-9-17/h2-12H,13-14H2,1H3,(H,22,24). The van der Waals surface area contributed by atoms with Crippen LogP contribution in [0.2, 0.25) is 0 Å². The van der Waals surface area contributed by atoms with E-state index in [0.717, 1.165) is 12.0 Å². The summed E-state index contributed by atoms with van der Waals surface area (Å²) in [5.74, 6) is -0.227. The van der Waals surface area contributed by atoms with Gasteiger partial charge in [0, 0.05) is 29.8 Å². The summed E-state index contributed by atoms with van der Waals surface area (Å²) in [6.45, 7) is 1.73. The maximum absolute atomic E-state index is 12.1. The predicted molar refractivity (Wildman–Crippen MR) is 97.6 cm³/mol. The third kappa shape index (κ3) is 4.41. The van der Waals surface area contributed by atoms with Gasteiger partial charge in [-0.15, -0.1) is 0 Å². The summed E-state index contributed by atoms with van der Waals surface area (Å²) >= 11 is 0. The fourth-order valence-corrected chi connectivity index (χ4v) is 2.58. The number of hydrogen-bond acceptors (Lipinski definition) is 3. The number of benzene rings is 1. The molecule has 3 rings (SSSR count). The van der Waals surface area contributed by atoms with Gasteiger partial charge < -0.3 is 9.88 Å². The van der Waals surface area contributed by atoms with Crippen LogP contribution >= 0.6 is 0 Å². The van der Waals surface area contributed by atoms with Gasteiger partial charge in [0.05, 0.1) is 0 Å². The SMILES string of the molecule is Cc1cccn(CC(=O)Nc2ccc(Cc3ccncc3)cc2)c1=O. The third-order valence-electron chi connectivity index (χ3n) is 3.92. The van der Waals surface area contributed by atoms with E-state index in [0.29, 0.717) is 11.3 Å². The Balaban J connectivity index is 1.62. The molecule has 5 nitrogen and oxygen atoms in total. The summed E-state index contributed by atoms with van der Waals surface area (Å²) in [6.07, 6.45) is 5.98. The van der Waals surface area contributed by atoms with Gasteiger partial charge in [-0.2, -0.15) is 0 Å². The van der Waals surface area contributed by atoms with Gasteiger partial charge in [0.15, 0.2) is 0 Å². The summed E-state index contributed by atoms with van der Waals surface area (Å²) < 4.78 is 1.41. The number of anilines is 1. The third-order valence-corrected chi connectivity index (χ3v) is 3.92. The Morgan fingerprint density at radius 1 is 1.04 bits per heavy atom. The highest BCUT2D eigenvalue weighted by molar-refractivity contribution is 5.90. The molecule has 1 N–H and O–H groups in total. The van der Waals surface area contributed by atoms with E-state index in [-0.39, 0.29) is 18.0 Å². The number of nitrogens with zero attached hydrogens (tertiary/aromatic N) is 2. The molecule has 0 aliphatic rings. The first-order valence-electron chi connectivity index (χ1n) is 8.05. The van der Waals surface area contributed by atoms with Crippen LogP contribution in [-0.4, -0.2) is 15.5 Å². The molecule has 5 heteroatoms. The maximum atomic E-state index is 12.1. The highest BCUT2D eigenvalue weighted by Crippen LogP contribution is 2.13. The molecular formula is C20H19N3O2. The lowest BCUT2D eigenvalue weighted by Crippen LogP contribution is -2.28. The van der Waals surface area contributed by atoms with Crippen molar-refractivity contribution in [3.05, 3.63) is 94.2 Å². The molecular weight excluding hydrogens is 314 g/mol. The van der Waals surface area contributed by atoms with Crippen LogP contribution in [0.4, 0.5) is 5.69 Å². The molecule has 0 unspecified atom stereocenters. The first-order valence-corrected chi connectivity index (χ1v) is 8.05. The normalized spacial score (nSPS) is 10.4. The van der Waals surface area contributed by atoms with E-state index in [1.54, 1.807) is 37.6 Å². The van der Waals surface area contributed by atoms with E-state index >= 15 is 0 Å². The molecule has 0 spiro atoms. The number of aryl methyl sites for hydroxylation is 1. The van der Waals surface area contributed by atoms with Crippen LogP contribution in [0.3, 0.4) is 0 Å². The smallest absolute Gasteiger partial charge is 0.253 e. The highest BCUT2D eigenvalue weighted by Gasteiger charge is 2.06. The number of rotatable bonds is 5. The van der Waals surface area contributed by atoms with Gasteiger partial charge in [0.25, 0.3) is 5.56 Å². The second kappa shape index (κ2) is 7.57. The Hall–Kier alpha value is -3.21. The molecule has 0 aliphatic heterocycles. The monoisotopic (exact) mass is 333 g/mol. The maximum Gasteiger partial charge on any atom is 0.253 e. The van der Waals surface area contributed by atoms with Crippen molar-refractivity contribution in [3.63, 3.8) is 0 Å². The van der Waals surface area contributed by atoms with Crippen LogP contribution in [0.1, 0.15) is 16.7 Å². The first kappa shape index (κ1) is 16.6. The highest BCUT2D eigenvalue weighted by atomic mass is 16.2. The van der Waals surface area contributed by atoms with Gasteiger partial charge in [-0.1, -0.05) is 18.2 Å². The minimum atomic E-state index is -0.227. The van der Waals surface area contributed by atoms with Gasteiger partial charge in [0.1, 0.15) is 6.54 Å². The average molecular weight is 333 g/mol. The second-order valence-corrected chi connectivity index (χ2v) is 5.90. The number of nitrogens with one attached hydrogen (secondary N) is 1. The van der Waals surface area contributed by atoms with Crippen LogP contribution in [0.15, 0.2) is 71.9 Å². The van der Waals surface area contributed by atoms with Crippen molar-refractivity contribution in [1.29, 1.82) is 0 Å². The molecule has 2 aromatic heterocycles. The van der Waals surface area contributed by atoms with Gasteiger partial charge in [-0.05, 0) is 54.8 Å². The number of aromatic nitrogens is 2. The van der Waals surface area contributed by atoms with Crippen LogP contribution in [0.5, 0.6) is 0 Å². The van der Waals surface area contributed by atoms with Gasteiger partial charge in [-0.3, -0.25) is 14.6 Å². The van der Waals surface area contributed by atoms with Crippen molar-refractivity contribution in [2.45, 2.75) is 19.9 Å². The molecule has 0 aliphatic carbocycles. The van der Waals surface area contributed by atoms with E-state index in [1.165, 1.54) is 10.1 Å². The van der Waals surface area contributed by atoms with Crippen LogP contribution in [0.25, 0.3) is 0 Å². The number of carbonyl (C=O) groups is 1. The lowest BCUT2D eigenvalue weighted by Gasteiger charge is -2.09. The van der Waals surface area contributed by atoms with Crippen LogP contribution in [-0.2, 0) is 17.8 Å². The number of carbonyl (C=O) groups excluding carboxylic acids is 1. The van der Waals surface area contributed by atoms with Gasteiger partial charge in [0.2, 0.25) is 5.91 Å². The molecule has 0 atom stereocenters. The summed E-state index contributed by atoms with van der Waals surface area (Å²) in [7, 11) is 0. The predicted octanol–water partition coefficient (Wildman–Crippen LogP) is 2.78. The lowest BCUT2D eigenvalue weighted by atomic mass is 10.1. The van der Waals surface area contributed by atoms with E-state index in [4.69, 9.17) is 0 Å². The van der Waals surface area contributed by atoms with Crippen molar-refractivity contribution >= 4 is 11.6 Å². The molecule has 0 saturated carbocycles. The molecule has 0 bridgehead atoms. The molecule has 25 heavy (non-hydrogen) atoms. The molecule has 126 valence electrons. The van der Waals surface area contributed by atoms with E-state index in [1.807, 2.05) is 36.4 Å². The molecule has 0 fully saturated rings. The van der Waals surface area contributed by atoms with Crippen molar-refractivity contribution < 1.29 is 4.79 Å². The Morgan fingerprint density at radius 3 is 2.44 bits per heavy atom. The van der Waals surface area contributed by atoms with Crippen LogP contribution in [0, 0.1) is 6.92 Å². The number of pyridine rings is 2.